The number of hydrogen-bond acceptors (Lipinski definition) is 6. The van der Waals surface area contributed by atoms with Crippen LogP contribution in [-0.4, -0.2) is 35.1 Å². The van der Waals surface area contributed by atoms with E-state index < -0.39 is 17.1 Å². The maximum Gasteiger partial charge on any atom is 0.294 e. The zero-order chi connectivity index (χ0) is 29.0. The van der Waals surface area contributed by atoms with Crippen molar-refractivity contribution in [3.05, 3.63) is 91.3 Å². The molecule has 1 N–H and O–H groups in total. The van der Waals surface area contributed by atoms with Gasteiger partial charge in [0.15, 0.2) is 11.5 Å². The van der Waals surface area contributed by atoms with Crippen LogP contribution in [0.4, 0.5) is 10.5 Å². The summed E-state index contributed by atoms with van der Waals surface area (Å²) >= 11 is 13.0. The van der Waals surface area contributed by atoms with Crippen LogP contribution in [0, 0.1) is 20.8 Å². The van der Waals surface area contributed by atoms with Crippen LogP contribution in [0.15, 0.2) is 53.4 Å². The highest BCUT2D eigenvalue weighted by molar-refractivity contribution is 8.18. The quantitative estimate of drug-likeness (QED) is 0.256. The topological polar surface area (TPSA) is 84.9 Å². The number of nitrogens with one attached hydrogen (secondary N) is 1. The van der Waals surface area contributed by atoms with Gasteiger partial charge in [0.2, 0.25) is 5.91 Å². The van der Waals surface area contributed by atoms with E-state index in [4.69, 9.17) is 32.7 Å². The number of thioether (sulfide) groups is 1. The molecule has 0 spiro atoms. The second-order valence-corrected chi connectivity index (χ2v) is 11.1. The van der Waals surface area contributed by atoms with Crippen molar-refractivity contribution in [3.63, 3.8) is 0 Å². The van der Waals surface area contributed by atoms with E-state index in [-0.39, 0.29) is 18.1 Å². The van der Waals surface area contributed by atoms with Crippen molar-refractivity contribution in [1.29, 1.82) is 0 Å². The Kier molecular flexibility index (Phi) is 9.45. The summed E-state index contributed by atoms with van der Waals surface area (Å²) in [7, 11) is 0. The van der Waals surface area contributed by atoms with Crippen LogP contribution in [0.1, 0.15) is 34.7 Å². The van der Waals surface area contributed by atoms with Gasteiger partial charge in [-0.25, -0.2) is 0 Å². The third-order valence-electron chi connectivity index (χ3n) is 6.08. The van der Waals surface area contributed by atoms with Gasteiger partial charge in [-0.2, -0.15) is 0 Å². The van der Waals surface area contributed by atoms with E-state index in [2.05, 4.69) is 5.32 Å². The Bertz CT molecular complexity index is 1500. The minimum atomic E-state index is -0.529. The van der Waals surface area contributed by atoms with Crippen molar-refractivity contribution in [1.82, 2.24) is 4.90 Å². The normalized spacial score (nSPS) is 14.2. The summed E-state index contributed by atoms with van der Waals surface area (Å²) < 4.78 is 11.7. The van der Waals surface area contributed by atoms with Gasteiger partial charge in [-0.1, -0.05) is 53.0 Å². The molecule has 1 saturated heterocycles. The highest BCUT2D eigenvalue weighted by atomic mass is 35.5. The Balaban J connectivity index is 1.46. The molecule has 3 aromatic rings. The molecule has 0 aliphatic carbocycles. The first-order valence-corrected chi connectivity index (χ1v) is 14.1. The van der Waals surface area contributed by atoms with Crippen LogP contribution in [-0.2, 0) is 16.2 Å². The number of aryl methyl sites for hydroxylation is 3. The van der Waals surface area contributed by atoms with Crippen molar-refractivity contribution < 1.29 is 23.9 Å². The molecule has 0 atom stereocenters. The second kappa shape index (κ2) is 12.8. The number of carbonyl (C=O) groups excluding carboxylic acids is 3. The van der Waals surface area contributed by atoms with Crippen molar-refractivity contribution >= 4 is 63.8 Å². The smallest absolute Gasteiger partial charge is 0.294 e. The maximum atomic E-state index is 13.0. The molecule has 1 fully saturated rings. The Hall–Kier alpha value is -3.46. The minimum Gasteiger partial charge on any atom is -0.490 e. The Morgan fingerprint density at radius 1 is 0.975 bits per heavy atom. The van der Waals surface area contributed by atoms with Gasteiger partial charge in [-0.3, -0.25) is 19.3 Å². The van der Waals surface area contributed by atoms with Crippen LogP contribution >= 0.6 is 35.0 Å². The molecule has 208 valence electrons. The SMILES string of the molecule is CCOc1cc(/C=C2/SC(=O)N(CC(=O)Nc3c(C)cc(C)cc3C)C2=O)ccc1OCc1ccc(Cl)cc1Cl. The predicted molar refractivity (Wildman–Crippen MR) is 160 cm³/mol. The number of amides is 3. The monoisotopic (exact) mass is 598 g/mol. The first kappa shape index (κ1) is 29.5. The van der Waals surface area contributed by atoms with Crippen molar-refractivity contribution in [2.24, 2.45) is 0 Å². The predicted octanol–water partition coefficient (Wildman–Crippen LogP) is 7.57. The number of ether oxygens (including phenoxy) is 2. The van der Waals surface area contributed by atoms with Gasteiger partial charge in [0.1, 0.15) is 13.2 Å². The third-order valence-corrected chi connectivity index (χ3v) is 7.57. The lowest BCUT2D eigenvalue weighted by Crippen LogP contribution is -2.36. The lowest BCUT2D eigenvalue weighted by molar-refractivity contribution is -0.127. The van der Waals surface area contributed by atoms with E-state index in [1.807, 2.05) is 39.8 Å². The number of hydrogen-bond donors (Lipinski definition) is 1. The molecule has 3 amide bonds. The summed E-state index contributed by atoms with van der Waals surface area (Å²) in [5.41, 5.74) is 5.00. The number of nitrogens with zero attached hydrogens (tertiary/aromatic N) is 1. The van der Waals surface area contributed by atoms with Crippen molar-refractivity contribution in [2.75, 3.05) is 18.5 Å². The molecule has 0 aromatic heterocycles. The van der Waals surface area contributed by atoms with Gasteiger partial charge < -0.3 is 14.8 Å². The standard InChI is InChI=1S/C30H28Cl2N2O5S/c1-5-38-25-12-20(6-9-24(25)39-16-21-7-8-22(31)14-23(21)32)13-26-29(36)34(30(37)40-26)15-27(35)33-28-18(3)10-17(2)11-19(28)4/h6-14H,5,15-16H2,1-4H3,(H,33,35)/b26-13+. The lowest BCUT2D eigenvalue weighted by atomic mass is 10.1. The van der Waals surface area contributed by atoms with E-state index in [1.54, 1.807) is 42.5 Å². The Morgan fingerprint density at radius 2 is 1.70 bits per heavy atom. The average molecular weight is 600 g/mol. The van der Waals surface area contributed by atoms with Gasteiger partial charge in [0.25, 0.3) is 11.1 Å². The molecule has 3 aromatic carbocycles. The van der Waals surface area contributed by atoms with E-state index in [1.165, 1.54) is 0 Å². The summed E-state index contributed by atoms with van der Waals surface area (Å²) in [5, 5.41) is 3.36. The van der Waals surface area contributed by atoms with Crippen LogP contribution in [0.25, 0.3) is 6.08 Å². The number of imide groups is 1. The minimum absolute atomic E-state index is 0.206. The molecule has 1 aliphatic rings. The molecular weight excluding hydrogens is 571 g/mol. The van der Waals surface area contributed by atoms with Gasteiger partial charge >= 0.3 is 0 Å². The van der Waals surface area contributed by atoms with Crippen molar-refractivity contribution in [3.8, 4) is 11.5 Å². The van der Waals surface area contributed by atoms with Crippen LogP contribution in [0.3, 0.4) is 0 Å². The highest BCUT2D eigenvalue weighted by Crippen LogP contribution is 2.35. The van der Waals surface area contributed by atoms with E-state index >= 15 is 0 Å². The third kappa shape index (κ3) is 6.99. The van der Waals surface area contributed by atoms with Crippen LogP contribution in [0.5, 0.6) is 11.5 Å². The number of benzene rings is 3. The van der Waals surface area contributed by atoms with Gasteiger partial charge in [0, 0.05) is 21.3 Å². The first-order valence-electron chi connectivity index (χ1n) is 12.5. The van der Waals surface area contributed by atoms with E-state index in [9.17, 15) is 14.4 Å². The maximum absolute atomic E-state index is 13.0. The van der Waals surface area contributed by atoms with Gasteiger partial charge in [-0.15, -0.1) is 0 Å². The largest absolute Gasteiger partial charge is 0.490 e. The second-order valence-electron chi connectivity index (χ2n) is 9.25. The molecule has 40 heavy (non-hydrogen) atoms. The molecule has 1 heterocycles. The van der Waals surface area contributed by atoms with Crippen LogP contribution in [0.2, 0.25) is 10.0 Å². The fourth-order valence-electron chi connectivity index (χ4n) is 4.28. The number of halogens is 2. The van der Waals surface area contributed by atoms with E-state index in [0.29, 0.717) is 39.4 Å². The molecule has 10 heteroatoms. The number of carbonyl (C=O) groups is 3. The zero-order valence-corrected chi connectivity index (χ0v) is 24.8. The van der Waals surface area contributed by atoms with Crippen LogP contribution < -0.4 is 14.8 Å². The van der Waals surface area contributed by atoms with Crippen molar-refractivity contribution in [2.45, 2.75) is 34.3 Å². The molecule has 0 unspecified atom stereocenters. The summed E-state index contributed by atoms with van der Waals surface area (Å²) in [4.78, 5) is 39.6. The first-order chi connectivity index (χ1) is 19.0. The molecule has 0 saturated carbocycles. The average Bonchev–Trinajstić information content (AvgIpc) is 3.14. The molecule has 4 rings (SSSR count). The fourth-order valence-corrected chi connectivity index (χ4v) is 5.58. The molecule has 1 aliphatic heterocycles. The summed E-state index contributed by atoms with van der Waals surface area (Å²) in [5.74, 6) is -0.00189. The van der Waals surface area contributed by atoms with Gasteiger partial charge in [-0.05, 0) is 86.5 Å². The molecule has 0 radical (unpaired) electrons. The fraction of sp³-hybridized carbons (Fsp3) is 0.233. The summed E-state index contributed by atoms with van der Waals surface area (Å²) in [6.45, 7) is 7.86. The summed E-state index contributed by atoms with van der Waals surface area (Å²) in [6.07, 6.45) is 1.60. The van der Waals surface area contributed by atoms with Gasteiger partial charge in [0.05, 0.1) is 11.5 Å². The molecule has 0 bridgehead atoms. The molecular formula is C30H28Cl2N2O5S. The Labute approximate surface area is 247 Å². The summed E-state index contributed by atoms with van der Waals surface area (Å²) in [6, 6.07) is 14.3. The Morgan fingerprint density at radius 3 is 2.38 bits per heavy atom. The zero-order valence-electron chi connectivity index (χ0n) is 22.5. The molecule has 7 nitrogen and oxygen atoms in total. The highest BCUT2D eigenvalue weighted by Gasteiger charge is 2.36. The van der Waals surface area contributed by atoms with E-state index in [0.717, 1.165) is 38.9 Å². The number of anilines is 1. The lowest BCUT2D eigenvalue weighted by Gasteiger charge is -2.16. The number of rotatable bonds is 9.